The summed E-state index contributed by atoms with van der Waals surface area (Å²) < 4.78 is 49.2. The zero-order chi connectivity index (χ0) is 13.4. The summed E-state index contributed by atoms with van der Waals surface area (Å²) >= 11 is 2.80. The fourth-order valence-corrected chi connectivity index (χ4v) is 1.99. The van der Waals surface area contributed by atoms with Crippen LogP contribution in [0.3, 0.4) is 0 Å². The van der Waals surface area contributed by atoms with Gasteiger partial charge in [0.25, 0.3) is 0 Å². The molecule has 0 heterocycles. The van der Waals surface area contributed by atoms with Crippen LogP contribution >= 0.6 is 15.9 Å². The van der Waals surface area contributed by atoms with Gasteiger partial charge in [0.1, 0.15) is 11.1 Å². The Bertz CT molecular complexity index is 569. The maximum Gasteiger partial charge on any atom is 0.186 e. The lowest BCUT2D eigenvalue weighted by molar-refractivity contribution is 0.0983. The summed E-state index contributed by atoms with van der Waals surface area (Å²) in [5, 5.41) is -1.49. The van der Waals surface area contributed by atoms with Crippen molar-refractivity contribution in [2.24, 2.45) is 0 Å². The summed E-state index contributed by atoms with van der Waals surface area (Å²) in [5.41, 5.74) is -0.836. The highest BCUT2D eigenvalue weighted by Gasteiger charge is 2.30. The lowest BCUT2D eigenvalue weighted by Gasteiger charge is -2.10. The lowest BCUT2D eigenvalue weighted by atomic mass is 10.1. The molecule has 0 N–H and O–H groups in total. The number of sulfone groups is 1. The third-order valence-electron chi connectivity index (χ3n) is 2.30. The molecule has 0 fully saturated rings. The predicted molar refractivity (Wildman–Crippen MR) is 62.7 cm³/mol. The number of rotatable bonds is 3. The minimum Gasteiger partial charge on any atom is -0.292 e. The molecule has 3 nitrogen and oxygen atoms in total. The van der Waals surface area contributed by atoms with Crippen LogP contribution in [0, 0.1) is 11.6 Å². The fraction of sp³-hybridized carbons (Fsp3) is 0.300. The van der Waals surface area contributed by atoms with Gasteiger partial charge in [0.05, 0.1) is 10.0 Å². The Morgan fingerprint density at radius 1 is 1.35 bits per heavy atom. The molecule has 0 saturated carbocycles. The SMILES string of the molecule is CC(C(=O)c1c(F)ccc(Br)c1F)S(C)(=O)=O. The summed E-state index contributed by atoms with van der Waals surface area (Å²) in [4.78, 5) is 11.7. The van der Waals surface area contributed by atoms with Crippen molar-refractivity contribution in [3.05, 3.63) is 33.8 Å². The summed E-state index contributed by atoms with van der Waals surface area (Å²) in [6.45, 7) is 1.09. The smallest absolute Gasteiger partial charge is 0.186 e. The highest BCUT2D eigenvalue weighted by molar-refractivity contribution is 9.10. The van der Waals surface area contributed by atoms with Gasteiger partial charge in [0.15, 0.2) is 21.4 Å². The Labute approximate surface area is 106 Å². The zero-order valence-electron chi connectivity index (χ0n) is 9.00. The largest absolute Gasteiger partial charge is 0.292 e. The van der Waals surface area contributed by atoms with E-state index in [2.05, 4.69) is 15.9 Å². The molecule has 1 unspecified atom stereocenters. The van der Waals surface area contributed by atoms with Gasteiger partial charge < -0.3 is 0 Å². The number of halogens is 3. The Morgan fingerprint density at radius 3 is 2.35 bits per heavy atom. The summed E-state index contributed by atoms with van der Waals surface area (Å²) in [6, 6.07) is 2.00. The molecule has 0 amide bonds. The van der Waals surface area contributed by atoms with Gasteiger partial charge in [0.2, 0.25) is 0 Å². The number of ketones is 1. The Morgan fingerprint density at radius 2 is 1.88 bits per heavy atom. The third-order valence-corrected chi connectivity index (χ3v) is 4.41. The number of hydrogen-bond donors (Lipinski definition) is 0. The molecule has 7 heteroatoms. The molecule has 0 aromatic heterocycles. The van der Waals surface area contributed by atoms with Gasteiger partial charge in [0, 0.05) is 6.26 Å². The minimum atomic E-state index is -3.69. The second kappa shape index (κ2) is 4.81. The van der Waals surface area contributed by atoms with E-state index in [-0.39, 0.29) is 4.47 Å². The van der Waals surface area contributed by atoms with E-state index in [1.165, 1.54) is 0 Å². The molecule has 0 aliphatic carbocycles. The molecule has 0 saturated heterocycles. The maximum atomic E-state index is 13.6. The minimum absolute atomic E-state index is 0.0945. The number of hydrogen-bond acceptors (Lipinski definition) is 3. The molecule has 0 radical (unpaired) electrons. The molecule has 1 aromatic carbocycles. The molecule has 17 heavy (non-hydrogen) atoms. The fourth-order valence-electron chi connectivity index (χ4n) is 1.15. The van der Waals surface area contributed by atoms with Crippen LogP contribution in [0.5, 0.6) is 0 Å². The van der Waals surface area contributed by atoms with E-state index in [9.17, 15) is 22.0 Å². The maximum absolute atomic E-state index is 13.6. The van der Waals surface area contributed by atoms with Crippen LogP contribution in [-0.4, -0.2) is 25.7 Å². The second-order valence-corrected chi connectivity index (χ2v) is 6.77. The van der Waals surface area contributed by atoms with E-state index in [0.29, 0.717) is 0 Å². The van der Waals surface area contributed by atoms with Gasteiger partial charge in [-0.3, -0.25) is 4.79 Å². The average molecular weight is 327 g/mol. The number of carbonyl (C=O) groups is 1. The van der Waals surface area contributed by atoms with Crippen LogP contribution < -0.4 is 0 Å². The monoisotopic (exact) mass is 326 g/mol. The van der Waals surface area contributed by atoms with Crippen molar-refractivity contribution in [2.75, 3.05) is 6.26 Å². The first kappa shape index (κ1) is 14.2. The summed E-state index contributed by atoms with van der Waals surface area (Å²) in [5.74, 6) is -3.26. The number of carbonyl (C=O) groups excluding carboxylic acids is 1. The molecule has 94 valence electrons. The predicted octanol–water partition coefficient (Wildman–Crippen LogP) is 2.34. The van der Waals surface area contributed by atoms with Crippen LogP contribution in [0.1, 0.15) is 17.3 Å². The molecular formula is C10H9BrF2O3S. The normalized spacial score (nSPS) is 13.5. The van der Waals surface area contributed by atoms with Gasteiger partial charge >= 0.3 is 0 Å². The van der Waals surface area contributed by atoms with Crippen LogP contribution in [0.25, 0.3) is 0 Å². The Hall–Kier alpha value is -0.820. The lowest BCUT2D eigenvalue weighted by Crippen LogP contribution is -2.28. The Kier molecular flexibility index (Phi) is 4.03. The highest BCUT2D eigenvalue weighted by Crippen LogP contribution is 2.23. The quantitative estimate of drug-likeness (QED) is 0.632. The van der Waals surface area contributed by atoms with E-state index in [1.54, 1.807) is 0 Å². The zero-order valence-corrected chi connectivity index (χ0v) is 11.4. The topological polar surface area (TPSA) is 51.2 Å². The van der Waals surface area contributed by atoms with Crippen molar-refractivity contribution in [3.8, 4) is 0 Å². The number of Topliss-reactive ketones (excluding diaryl/α,β-unsaturated/α-hetero) is 1. The van der Waals surface area contributed by atoms with Gasteiger partial charge in [-0.25, -0.2) is 17.2 Å². The van der Waals surface area contributed by atoms with Gasteiger partial charge in [-0.1, -0.05) is 0 Å². The summed E-state index contributed by atoms with van der Waals surface area (Å²) in [7, 11) is -3.69. The first-order valence-corrected chi connectivity index (χ1v) is 7.27. The molecule has 0 bridgehead atoms. The third kappa shape index (κ3) is 2.90. The molecule has 1 atom stereocenters. The summed E-state index contributed by atoms with van der Waals surface area (Å²) in [6.07, 6.45) is 0.837. The van der Waals surface area contributed by atoms with Crippen molar-refractivity contribution < 1.29 is 22.0 Å². The second-order valence-electron chi connectivity index (χ2n) is 3.55. The van der Waals surface area contributed by atoms with Crippen molar-refractivity contribution in [1.82, 2.24) is 0 Å². The van der Waals surface area contributed by atoms with Crippen LogP contribution in [0.2, 0.25) is 0 Å². The molecule has 0 aliphatic rings. The van der Waals surface area contributed by atoms with E-state index in [4.69, 9.17) is 0 Å². The van der Waals surface area contributed by atoms with E-state index < -0.39 is 38.1 Å². The average Bonchev–Trinajstić information content (AvgIpc) is 2.21. The molecular weight excluding hydrogens is 318 g/mol. The standard InChI is InChI=1S/C10H9BrF2O3S/c1-5(17(2,15)16)10(14)8-7(12)4-3-6(11)9(8)13/h3-5H,1-2H3. The van der Waals surface area contributed by atoms with Gasteiger partial charge in [-0.15, -0.1) is 0 Å². The first-order chi connectivity index (χ1) is 7.66. The molecule has 1 rings (SSSR count). The van der Waals surface area contributed by atoms with E-state index in [1.807, 2.05) is 0 Å². The van der Waals surface area contributed by atoms with Gasteiger partial charge in [-0.05, 0) is 35.0 Å². The van der Waals surface area contributed by atoms with E-state index in [0.717, 1.165) is 25.3 Å². The van der Waals surface area contributed by atoms with Crippen molar-refractivity contribution in [3.63, 3.8) is 0 Å². The highest BCUT2D eigenvalue weighted by atomic mass is 79.9. The van der Waals surface area contributed by atoms with Crippen LogP contribution in [0.15, 0.2) is 16.6 Å². The molecule has 0 spiro atoms. The van der Waals surface area contributed by atoms with Crippen molar-refractivity contribution in [1.29, 1.82) is 0 Å². The molecule has 0 aliphatic heterocycles. The Balaban J connectivity index is 3.36. The van der Waals surface area contributed by atoms with Crippen LogP contribution in [-0.2, 0) is 9.84 Å². The van der Waals surface area contributed by atoms with Gasteiger partial charge in [-0.2, -0.15) is 0 Å². The molecule has 1 aromatic rings. The number of benzene rings is 1. The van der Waals surface area contributed by atoms with Crippen molar-refractivity contribution in [2.45, 2.75) is 12.2 Å². The van der Waals surface area contributed by atoms with Crippen LogP contribution in [0.4, 0.5) is 8.78 Å². The van der Waals surface area contributed by atoms with E-state index >= 15 is 0 Å². The van der Waals surface area contributed by atoms with Crippen molar-refractivity contribution >= 4 is 31.6 Å². The first-order valence-electron chi connectivity index (χ1n) is 4.53.